The van der Waals surface area contributed by atoms with Gasteiger partial charge in [-0.2, -0.15) is 5.10 Å². The van der Waals surface area contributed by atoms with Crippen LogP contribution in [0.4, 0.5) is 0 Å². The highest BCUT2D eigenvalue weighted by Gasteiger charge is 2.31. The van der Waals surface area contributed by atoms with Crippen LogP contribution in [0.2, 0.25) is 0 Å². The summed E-state index contributed by atoms with van der Waals surface area (Å²) < 4.78 is 1.99. The molecule has 24 heavy (non-hydrogen) atoms. The molecule has 1 N–H and O–H groups in total. The van der Waals surface area contributed by atoms with Gasteiger partial charge in [-0.15, -0.1) is 0 Å². The average Bonchev–Trinajstić information content (AvgIpc) is 3.19. The molecule has 0 spiro atoms. The summed E-state index contributed by atoms with van der Waals surface area (Å²) in [6.45, 7) is 5.19. The molecule has 2 aliphatic rings. The second kappa shape index (κ2) is 5.58. The van der Waals surface area contributed by atoms with Gasteiger partial charge in [-0.3, -0.25) is 14.3 Å². The first-order chi connectivity index (χ1) is 11.5. The highest BCUT2D eigenvalue weighted by Crippen LogP contribution is 2.37. The van der Waals surface area contributed by atoms with Crippen LogP contribution in [0, 0.1) is 13.8 Å². The Kier molecular flexibility index (Phi) is 3.51. The van der Waals surface area contributed by atoms with Crippen LogP contribution in [0.1, 0.15) is 58.8 Å². The summed E-state index contributed by atoms with van der Waals surface area (Å²) in [6, 6.07) is 2.20. The average molecular weight is 327 g/mol. The lowest BCUT2D eigenvalue weighted by molar-refractivity contribution is 0.0784. The first-order valence-corrected chi connectivity index (χ1v) is 8.44. The van der Waals surface area contributed by atoms with Crippen LogP contribution in [-0.4, -0.2) is 43.6 Å². The number of nitrogens with zero attached hydrogens (tertiary/aromatic N) is 4. The molecule has 1 saturated carbocycles. The molecule has 3 heterocycles. The van der Waals surface area contributed by atoms with Gasteiger partial charge in [0.05, 0.1) is 11.7 Å². The fourth-order valence-corrected chi connectivity index (χ4v) is 3.44. The van der Waals surface area contributed by atoms with Gasteiger partial charge >= 0.3 is 0 Å². The third-order valence-electron chi connectivity index (χ3n) is 4.85. The number of likely N-dealkylation sites (tertiary alicyclic amines) is 1. The molecule has 4 rings (SSSR count). The van der Waals surface area contributed by atoms with Crippen molar-refractivity contribution in [2.24, 2.45) is 0 Å². The van der Waals surface area contributed by atoms with Crippen LogP contribution in [0.15, 0.2) is 17.1 Å². The van der Waals surface area contributed by atoms with Gasteiger partial charge < -0.3 is 9.88 Å². The summed E-state index contributed by atoms with van der Waals surface area (Å²) in [7, 11) is 0. The summed E-state index contributed by atoms with van der Waals surface area (Å²) in [6.07, 6.45) is 4.41. The molecule has 0 aromatic carbocycles. The first kappa shape index (κ1) is 15.1. The van der Waals surface area contributed by atoms with Crippen LogP contribution in [0.25, 0.3) is 0 Å². The third kappa shape index (κ3) is 2.64. The number of carbonyl (C=O) groups excluding carboxylic acids is 1. The van der Waals surface area contributed by atoms with Gasteiger partial charge in [-0.25, -0.2) is 4.98 Å². The second-order valence-corrected chi connectivity index (χ2v) is 6.85. The SMILES string of the molecule is Cc1cc(C)n([C@H]2CCN(C(=O)c3cnc(C4CC4)[nH]c3=O)C2)n1. The standard InChI is InChI=1S/C17H21N5O2/c1-10-7-11(2)22(20-10)13-5-6-21(9-13)17(24)14-8-18-15(12-3-4-12)19-16(14)23/h7-8,12-13H,3-6,9H2,1-2H3,(H,18,19,23)/t13-/m0/s1. The van der Waals surface area contributed by atoms with Crippen molar-refractivity contribution < 1.29 is 4.79 Å². The maximum absolute atomic E-state index is 12.7. The fraction of sp³-hybridized carbons (Fsp3) is 0.529. The van der Waals surface area contributed by atoms with Gasteiger partial charge in [-0.1, -0.05) is 0 Å². The van der Waals surface area contributed by atoms with E-state index in [-0.39, 0.29) is 23.1 Å². The number of rotatable bonds is 3. The third-order valence-corrected chi connectivity index (χ3v) is 4.85. The number of aromatic nitrogens is 4. The van der Waals surface area contributed by atoms with E-state index in [9.17, 15) is 9.59 Å². The number of H-pyrrole nitrogens is 1. The van der Waals surface area contributed by atoms with Gasteiger partial charge in [-0.05, 0) is 39.2 Å². The Labute approximate surface area is 139 Å². The Balaban J connectivity index is 1.51. The second-order valence-electron chi connectivity index (χ2n) is 6.85. The lowest BCUT2D eigenvalue weighted by Gasteiger charge is -2.17. The predicted octanol–water partition coefficient (Wildman–Crippen LogP) is 1.55. The van der Waals surface area contributed by atoms with Gasteiger partial charge in [0.25, 0.3) is 11.5 Å². The van der Waals surface area contributed by atoms with Gasteiger partial charge in [0.2, 0.25) is 0 Å². The number of hydrogen-bond donors (Lipinski definition) is 1. The van der Waals surface area contributed by atoms with E-state index in [1.54, 1.807) is 4.90 Å². The molecule has 0 radical (unpaired) electrons. The summed E-state index contributed by atoms with van der Waals surface area (Å²) in [5, 5.41) is 4.51. The quantitative estimate of drug-likeness (QED) is 0.927. The zero-order chi connectivity index (χ0) is 16.8. The normalized spacial score (nSPS) is 20.6. The Morgan fingerprint density at radius 3 is 2.71 bits per heavy atom. The molecule has 1 atom stereocenters. The molecule has 7 nitrogen and oxygen atoms in total. The first-order valence-electron chi connectivity index (χ1n) is 8.44. The number of carbonyl (C=O) groups is 1. The van der Waals surface area contributed by atoms with E-state index in [0.29, 0.717) is 24.8 Å². The van der Waals surface area contributed by atoms with Gasteiger partial charge in [0.1, 0.15) is 11.4 Å². The Morgan fingerprint density at radius 1 is 1.29 bits per heavy atom. The molecule has 1 saturated heterocycles. The van der Waals surface area contributed by atoms with Gasteiger partial charge in [0, 0.05) is 30.9 Å². The van der Waals surface area contributed by atoms with Crippen molar-refractivity contribution in [3.63, 3.8) is 0 Å². The minimum absolute atomic E-state index is 0.133. The number of aryl methyl sites for hydroxylation is 2. The van der Waals surface area contributed by atoms with E-state index in [4.69, 9.17) is 0 Å². The van der Waals surface area contributed by atoms with Crippen LogP contribution < -0.4 is 5.56 Å². The Hall–Kier alpha value is -2.44. The van der Waals surface area contributed by atoms with E-state index in [1.807, 2.05) is 24.6 Å². The molecule has 0 bridgehead atoms. The van der Waals surface area contributed by atoms with E-state index in [1.165, 1.54) is 6.20 Å². The van der Waals surface area contributed by atoms with E-state index in [2.05, 4.69) is 15.1 Å². The van der Waals surface area contributed by atoms with Crippen molar-refractivity contribution in [1.82, 2.24) is 24.6 Å². The zero-order valence-corrected chi connectivity index (χ0v) is 14.0. The van der Waals surface area contributed by atoms with Crippen LogP contribution in [-0.2, 0) is 0 Å². The minimum Gasteiger partial charge on any atom is -0.336 e. The minimum atomic E-state index is -0.327. The van der Waals surface area contributed by atoms with E-state index >= 15 is 0 Å². The Bertz CT molecular complexity index is 849. The van der Waals surface area contributed by atoms with Crippen molar-refractivity contribution in [2.45, 2.75) is 45.1 Å². The molecular weight excluding hydrogens is 306 g/mol. The van der Waals surface area contributed by atoms with Crippen molar-refractivity contribution in [3.8, 4) is 0 Å². The van der Waals surface area contributed by atoms with Crippen molar-refractivity contribution in [1.29, 1.82) is 0 Å². The lowest BCUT2D eigenvalue weighted by atomic mass is 10.2. The number of hydrogen-bond acceptors (Lipinski definition) is 4. The molecule has 2 aromatic heterocycles. The smallest absolute Gasteiger partial charge is 0.263 e. The summed E-state index contributed by atoms with van der Waals surface area (Å²) >= 11 is 0. The molecule has 1 aliphatic heterocycles. The molecule has 2 aromatic rings. The van der Waals surface area contributed by atoms with Crippen molar-refractivity contribution in [3.05, 3.63) is 45.4 Å². The maximum Gasteiger partial charge on any atom is 0.263 e. The van der Waals surface area contributed by atoms with Gasteiger partial charge in [0.15, 0.2) is 0 Å². The highest BCUT2D eigenvalue weighted by atomic mass is 16.2. The molecule has 1 aliphatic carbocycles. The van der Waals surface area contributed by atoms with Crippen LogP contribution >= 0.6 is 0 Å². The molecular formula is C17H21N5O2. The summed E-state index contributed by atoms with van der Waals surface area (Å²) in [5.41, 5.74) is 1.88. The molecule has 126 valence electrons. The van der Waals surface area contributed by atoms with Crippen molar-refractivity contribution in [2.75, 3.05) is 13.1 Å². The highest BCUT2D eigenvalue weighted by molar-refractivity contribution is 5.93. The maximum atomic E-state index is 12.7. The monoisotopic (exact) mass is 327 g/mol. The van der Waals surface area contributed by atoms with E-state index < -0.39 is 0 Å². The number of nitrogens with one attached hydrogen (secondary N) is 1. The predicted molar refractivity (Wildman–Crippen MR) is 88.1 cm³/mol. The zero-order valence-electron chi connectivity index (χ0n) is 14.0. The lowest BCUT2D eigenvalue weighted by Crippen LogP contribution is -2.34. The molecule has 0 unspecified atom stereocenters. The fourth-order valence-electron chi connectivity index (χ4n) is 3.44. The largest absolute Gasteiger partial charge is 0.336 e. The summed E-state index contributed by atoms with van der Waals surface area (Å²) in [5.74, 6) is 0.831. The summed E-state index contributed by atoms with van der Waals surface area (Å²) in [4.78, 5) is 33.6. The molecule has 7 heteroatoms. The topological polar surface area (TPSA) is 83.9 Å². The molecule has 2 fully saturated rings. The van der Waals surface area contributed by atoms with E-state index in [0.717, 1.165) is 30.7 Å². The molecule has 1 amide bonds. The van der Waals surface area contributed by atoms with Crippen molar-refractivity contribution >= 4 is 5.91 Å². The Morgan fingerprint density at radius 2 is 2.08 bits per heavy atom. The van der Waals surface area contributed by atoms with Crippen LogP contribution in [0.5, 0.6) is 0 Å². The van der Waals surface area contributed by atoms with Crippen LogP contribution in [0.3, 0.4) is 0 Å². The number of aromatic amines is 1. The number of amides is 1.